The second kappa shape index (κ2) is 8.53. The average molecular weight is 403 g/mol. The number of benzene rings is 4. The zero-order valence-corrected chi connectivity index (χ0v) is 17.5. The molecule has 4 aromatic rings. The molecular formula is C28H22NP. The molecule has 144 valence electrons. The predicted molar refractivity (Wildman–Crippen MR) is 131 cm³/mol. The highest BCUT2D eigenvalue weighted by Gasteiger charge is 2.26. The summed E-state index contributed by atoms with van der Waals surface area (Å²) in [5.74, 6) is 4.89. The first-order valence-corrected chi connectivity index (χ1v) is 11.6. The van der Waals surface area contributed by atoms with Crippen LogP contribution in [0.4, 0.5) is 5.69 Å². The summed E-state index contributed by atoms with van der Waals surface area (Å²) in [5, 5.41) is 1.36. The minimum atomic E-state index is -0.575. The molecule has 0 atom stereocenters. The van der Waals surface area contributed by atoms with Gasteiger partial charge in [0.2, 0.25) is 0 Å². The van der Waals surface area contributed by atoms with E-state index in [0.29, 0.717) is 0 Å². The topological polar surface area (TPSA) is 3.24 Å². The molecule has 0 aromatic heterocycles. The first kappa shape index (κ1) is 18.6. The molecule has 5 rings (SSSR count). The molecule has 30 heavy (non-hydrogen) atoms. The van der Waals surface area contributed by atoms with Gasteiger partial charge in [0, 0.05) is 5.69 Å². The molecule has 0 N–H and O–H groups in total. The molecule has 2 heteroatoms. The molecule has 1 aliphatic heterocycles. The van der Waals surface area contributed by atoms with E-state index in [1.807, 2.05) is 0 Å². The SMILES string of the molecule is C1=C(c2ccccc2)N(c2ccccc2)C(c2ccccc2)=CP1c1ccccc1. The molecule has 0 fully saturated rings. The second-order valence-corrected chi connectivity index (χ2v) is 9.02. The van der Waals surface area contributed by atoms with Gasteiger partial charge in [0.15, 0.2) is 0 Å². The Labute approximate surface area is 179 Å². The van der Waals surface area contributed by atoms with Gasteiger partial charge in [-0.1, -0.05) is 109 Å². The smallest absolute Gasteiger partial charge is 0.0545 e. The van der Waals surface area contributed by atoms with Crippen LogP contribution in [0.3, 0.4) is 0 Å². The summed E-state index contributed by atoms with van der Waals surface area (Å²) in [7, 11) is -0.575. The normalized spacial score (nSPS) is 14.2. The van der Waals surface area contributed by atoms with Crippen LogP contribution >= 0.6 is 7.92 Å². The number of nitrogens with zero attached hydrogens (tertiary/aromatic N) is 1. The second-order valence-electron chi connectivity index (χ2n) is 7.17. The maximum absolute atomic E-state index is 2.44. The Hall–Kier alpha value is -3.41. The Morgan fingerprint density at radius 3 is 1.30 bits per heavy atom. The van der Waals surface area contributed by atoms with Gasteiger partial charge < -0.3 is 4.90 Å². The minimum absolute atomic E-state index is 0.575. The van der Waals surface area contributed by atoms with E-state index in [2.05, 4.69) is 138 Å². The van der Waals surface area contributed by atoms with Crippen LogP contribution in [0, 0.1) is 0 Å². The monoisotopic (exact) mass is 403 g/mol. The number of hydrogen-bond acceptors (Lipinski definition) is 1. The third-order valence-corrected chi connectivity index (χ3v) is 7.15. The van der Waals surface area contributed by atoms with Gasteiger partial charge in [0.05, 0.1) is 11.4 Å². The van der Waals surface area contributed by atoms with Crippen molar-refractivity contribution in [1.82, 2.24) is 0 Å². The van der Waals surface area contributed by atoms with Crippen molar-refractivity contribution in [2.75, 3.05) is 4.90 Å². The molecule has 0 amide bonds. The van der Waals surface area contributed by atoms with E-state index in [4.69, 9.17) is 0 Å². The molecule has 0 spiro atoms. The third-order valence-electron chi connectivity index (χ3n) is 5.21. The van der Waals surface area contributed by atoms with Gasteiger partial charge in [-0.15, -0.1) is 0 Å². The van der Waals surface area contributed by atoms with Crippen LogP contribution in [0.25, 0.3) is 11.4 Å². The summed E-state index contributed by atoms with van der Waals surface area (Å²) in [6.07, 6.45) is 0. The molecule has 1 aliphatic rings. The van der Waals surface area contributed by atoms with Gasteiger partial charge in [-0.2, -0.15) is 0 Å². The molecular weight excluding hydrogens is 381 g/mol. The minimum Gasteiger partial charge on any atom is -0.309 e. The van der Waals surface area contributed by atoms with E-state index in [9.17, 15) is 0 Å². The molecule has 4 aromatic carbocycles. The van der Waals surface area contributed by atoms with Crippen molar-refractivity contribution < 1.29 is 0 Å². The summed E-state index contributed by atoms with van der Waals surface area (Å²) >= 11 is 0. The summed E-state index contributed by atoms with van der Waals surface area (Å²) in [6, 6.07) is 42.9. The molecule has 0 radical (unpaired) electrons. The van der Waals surface area contributed by atoms with Crippen molar-refractivity contribution >= 4 is 30.3 Å². The van der Waals surface area contributed by atoms with Gasteiger partial charge in [-0.05, 0) is 48.1 Å². The van der Waals surface area contributed by atoms with Crippen LogP contribution < -0.4 is 10.2 Å². The standard InChI is InChI=1S/C28H22NP/c1-5-13-23(14-6-1)27-21-30(26-19-11-4-12-20-26)22-28(24-15-7-2-8-16-24)29(27)25-17-9-3-10-18-25/h1-22H. The Kier molecular flexibility index (Phi) is 5.29. The fourth-order valence-electron chi connectivity index (χ4n) is 3.78. The Bertz CT molecular complexity index is 1110. The fourth-order valence-corrected chi connectivity index (χ4v) is 5.72. The van der Waals surface area contributed by atoms with Crippen molar-refractivity contribution in [3.05, 3.63) is 144 Å². The lowest BCUT2D eigenvalue weighted by Crippen LogP contribution is -2.22. The van der Waals surface area contributed by atoms with Crippen LogP contribution in [0.2, 0.25) is 0 Å². The predicted octanol–water partition coefficient (Wildman–Crippen LogP) is 7.31. The van der Waals surface area contributed by atoms with Gasteiger partial charge in [0.25, 0.3) is 0 Å². The maximum Gasteiger partial charge on any atom is 0.0545 e. The number of para-hydroxylation sites is 1. The van der Waals surface area contributed by atoms with Gasteiger partial charge >= 0.3 is 0 Å². The first-order chi connectivity index (χ1) is 14.9. The van der Waals surface area contributed by atoms with E-state index in [0.717, 1.165) is 0 Å². The summed E-state index contributed by atoms with van der Waals surface area (Å²) in [6.45, 7) is 0. The van der Waals surface area contributed by atoms with Crippen LogP contribution in [0.15, 0.2) is 133 Å². The third kappa shape index (κ3) is 3.73. The zero-order valence-electron chi connectivity index (χ0n) is 16.6. The lowest BCUT2D eigenvalue weighted by molar-refractivity contribution is 1.30. The van der Waals surface area contributed by atoms with Gasteiger partial charge in [-0.25, -0.2) is 0 Å². The van der Waals surface area contributed by atoms with E-state index in [1.54, 1.807) is 0 Å². The van der Waals surface area contributed by atoms with Gasteiger partial charge in [0.1, 0.15) is 0 Å². The van der Waals surface area contributed by atoms with E-state index < -0.39 is 7.92 Å². The van der Waals surface area contributed by atoms with Crippen molar-refractivity contribution in [2.45, 2.75) is 0 Å². The Balaban J connectivity index is 1.74. The molecule has 0 aliphatic carbocycles. The Morgan fingerprint density at radius 2 is 0.833 bits per heavy atom. The quantitative estimate of drug-likeness (QED) is 0.323. The van der Waals surface area contributed by atoms with E-state index in [1.165, 1.54) is 33.5 Å². The average Bonchev–Trinajstić information content (AvgIpc) is 2.85. The largest absolute Gasteiger partial charge is 0.309 e. The fraction of sp³-hybridized carbons (Fsp3) is 0. The van der Waals surface area contributed by atoms with E-state index >= 15 is 0 Å². The van der Waals surface area contributed by atoms with Crippen molar-refractivity contribution in [3.8, 4) is 0 Å². The number of rotatable bonds is 4. The molecule has 1 nitrogen and oxygen atoms in total. The van der Waals surface area contributed by atoms with Crippen LogP contribution in [-0.2, 0) is 0 Å². The first-order valence-electron chi connectivity index (χ1n) is 10.1. The Morgan fingerprint density at radius 1 is 0.433 bits per heavy atom. The van der Waals surface area contributed by atoms with Crippen LogP contribution in [-0.4, -0.2) is 0 Å². The summed E-state index contributed by atoms with van der Waals surface area (Å²) in [4.78, 5) is 2.40. The highest BCUT2D eigenvalue weighted by Crippen LogP contribution is 2.51. The lowest BCUT2D eigenvalue weighted by Gasteiger charge is -2.35. The molecule has 0 unspecified atom stereocenters. The summed E-state index contributed by atoms with van der Waals surface area (Å²) in [5.41, 5.74) is 6.10. The van der Waals surface area contributed by atoms with Crippen molar-refractivity contribution in [2.24, 2.45) is 0 Å². The van der Waals surface area contributed by atoms with E-state index in [-0.39, 0.29) is 0 Å². The lowest BCUT2D eigenvalue weighted by atomic mass is 10.1. The van der Waals surface area contributed by atoms with Crippen LogP contribution in [0.1, 0.15) is 11.1 Å². The van der Waals surface area contributed by atoms with Gasteiger partial charge in [-0.3, -0.25) is 0 Å². The molecule has 0 saturated heterocycles. The number of hydrogen-bond donors (Lipinski definition) is 0. The van der Waals surface area contributed by atoms with Crippen molar-refractivity contribution in [3.63, 3.8) is 0 Å². The zero-order chi connectivity index (χ0) is 20.2. The molecule has 0 bridgehead atoms. The molecule has 0 saturated carbocycles. The number of anilines is 1. The summed E-state index contributed by atoms with van der Waals surface area (Å²) < 4.78 is 0. The highest BCUT2D eigenvalue weighted by atomic mass is 31.1. The maximum atomic E-state index is 2.44. The van der Waals surface area contributed by atoms with Crippen molar-refractivity contribution in [1.29, 1.82) is 0 Å². The van der Waals surface area contributed by atoms with Crippen LogP contribution in [0.5, 0.6) is 0 Å². The highest BCUT2D eigenvalue weighted by molar-refractivity contribution is 7.72. The molecule has 1 heterocycles.